The van der Waals surface area contributed by atoms with Crippen molar-refractivity contribution in [3.05, 3.63) is 29.3 Å². The first kappa shape index (κ1) is 16.2. The molecule has 0 saturated carbocycles. The van der Waals surface area contributed by atoms with Gasteiger partial charge in [0.05, 0.1) is 0 Å². The third-order valence-electron chi connectivity index (χ3n) is 3.16. The molecule has 1 N–H and O–H groups in total. The fraction of sp³-hybridized carbons (Fsp3) is 0.417. The molecule has 116 valence electrons. The summed E-state index contributed by atoms with van der Waals surface area (Å²) < 4.78 is 53.5. The van der Waals surface area contributed by atoms with Crippen LogP contribution in [0.25, 0.3) is 0 Å². The minimum absolute atomic E-state index is 0.202. The number of carboxylic acid groups (broad SMARTS) is 1. The van der Waals surface area contributed by atoms with Crippen LogP contribution in [0.2, 0.25) is 0 Å². The van der Waals surface area contributed by atoms with Crippen LogP contribution in [0.1, 0.15) is 17.3 Å². The molecule has 0 aromatic heterocycles. The standard InChI is InChI=1S/C12H13F2NO4S2/c1-7-6-20-5-4-15(7)21(18,19)9-3-2-8(13)10(11(9)14)12(16)17/h2-3,7H,4-6H2,1H3,(H,16,17). The highest BCUT2D eigenvalue weighted by molar-refractivity contribution is 7.99. The van der Waals surface area contributed by atoms with Crippen LogP contribution in [0, 0.1) is 11.6 Å². The molecule has 5 nitrogen and oxygen atoms in total. The average Bonchev–Trinajstić information content (AvgIpc) is 2.38. The molecule has 0 aliphatic carbocycles. The summed E-state index contributed by atoms with van der Waals surface area (Å²) >= 11 is 1.58. The predicted molar refractivity (Wildman–Crippen MR) is 74.0 cm³/mol. The van der Waals surface area contributed by atoms with Gasteiger partial charge >= 0.3 is 5.97 Å². The highest BCUT2D eigenvalue weighted by Crippen LogP contribution is 2.28. The number of sulfonamides is 1. The van der Waals surface area contributed by atoms with E-state index in [4.69, 9.17) is 5.11 Å². The van der Waals surface area contributed by atoms with E-state index in [0.29, 0.717) is 17.6 Å². The summed E-state index contributed by atoms with van der Waals surface area (Å²) in [6.45, 7) is 1.89. The van der Waals surface area contributed by atoms with Crippen molar-refractivity contribution in [2.75, 3.05) is 18.1 Å². The van der Waals surface area contributed by atoms with Gasteiger partial charge in [-0.1, -0.05) is 0 Å². The van der Waals surface area contributed by atoms with Crippen molar-refractivity contribution in [2.24, 2.45) is 0 Å². The normalized spacial score (nSPS) is 20.4. The van der Waals surface area contributed by atoms with E-state index in [2.05, 4.69) is 0 Å². The van der Waals surface area contributed by atoms with Crippen molar-refractivity contribution in [1.29, 1.82) is 0 Å². The van der Waals surface area contributed by atoms with Gasteiger partial charge in [0.15, 0.2) is 5.82 Å². The third kappa shape index (κ3) is 2.90. The minimum Gasteiger partial charge on any atom is -0.477 e. The molecule has 1 heterocycles. The Morgan fingerprint density at radius 1 is 1.43 bits per heavy atom. The second-order valence-electron chi connectivity index (χ2n) is 4.58. The Labute approximate surface area is 125 Å². The highest BCUT2D eigenvalue weighted by Gasteiger charge is 2.35. The van der Waals surface area contributed by atoms with E-state index in [9.17, 15) is 22.0 Å². The van der Waals surface area contributed by atoms with E-state index in [1.165, 1.54) is 0 Å². The zero-order valence-corrected chi connectivity index (χ0v) is 12.7. The molecular weight excluding hydrogens is 324 g/mol. The summed E-state index contributed by atoms with van der Waals surface area (Å²) in [4.78, 5) is 10.1. The second-order valence-corrected chi connectivity index (χ2v) is 7.59. The molecule has 21 heavy (non-hydrogen) atoms. The van der Waals surface area contributed by atoms with Gasteiger partial charge in [0, 0.05) is 24.1 Å². The van der Waals surface area contributed by atoms with Crippen molar-refractivity contribution in [3.8, 4) is 0 Å². The van der Waals surface area contributed by atoms with Gasteiger partial charge in [0.1, 0.15) is 16.3 Å². The molecule has 1 fully saturated rings. The number of carboxylic acids is 1. The van der Waals surface area contributed by atoms with Crippen LogP contribution in [0.4, 0.5) is 8.78 Å². The lowest BCUT2D eigenvalue weighted by Gasteiger charge is -2.32. The molecule has 9 heteroatoms. The van der Waals surface area contributed by atoms with Crippen LogP contribution >= 0.6 is 11.8 Å². The number of rotatable bonds is 3. The lowest BCUT2D eigenvalue weighted by Crippen LogP contribution is -2.44. The zero-order valence-electron chi connectivity index (χ0n) is 11.0. The van der Waals surface area contributed by atoms with Crippen LogP contribution in [0.3, 0.4) is 0 Å². The topological polar surface area (TPSA) is 74.7 Å². The molecule has 1 atom stereocenters. The molecule has 0 amide bonds. The van der Waals surface area contributed by atoms with Crippen LogP contribution in [0.5, 0.6) is 0 Å². The number of aromatic carboxylic acids is 1. The van der Waals surface area contributed by atoms with E-state index in [0.717, 1.165) is 10.4 Å². The second kappa shape index (κ2) is 5.90. The predicted octanol–water partition coefficient (Wildman–Crippen LogP) is 1.79. The Morgan fingerprint density at radius 3 is 2.67 bits per heavy atom. The zero-order chi connectivity index (χ0) is 15.8. The maximum absolute atomic E-state index is 14.1. The fourth-order valence-corrected chi connectivity index (χ4v) is 5.05. The smallest absolute Gasteiger partial charge is 0.341 e. The molecule has 0 radical (unpaired) electrons. The van der Waals surface area contributed by atoms with Crippen LogP contribution in [0.15, 0.2) is 17.0 Å². The third-order valence-corrected chi connectivity index (χ3v) is 6.38. The van der Waals surface area contributed by atoms with E-state index >= 15 is 0 Å². The Kier molecular flexibility index (Phi) is 4.54. The lowest BCUT2D eigenvalue weighted by molar-refractivity contribution is 0.0685. The molecule has 1 unspecified atom stereocenters. The number of nitrogens with zero attached hydrogens (tertiary/aromatic N) is 1. The van der Waals surface area contributed by atoms with Gasteiger partial charge in [-0.05, 0) is 19.1 Å². The van der Waals surface area contributed by atoms with Crippen molar-refractivity contribution >= 4 is 27.8 Å². The molecule has 1 aromatic carbocycles. The molecule has 2 rings (SSSR count). The summed E-state index contributed by atoms with van der Waals surface area (Å²) in [5.74, 6) is -3.58. The summed E-state index contributed by atoms with van der Waals surface area (Å²) in [6.07, 6.45) is 0. The first-order valence-electron chi connectivity index (χ1n) is 6.07. The largest absolute Gasteiger partial charge is 0.477 e. The number of hydrogen-bond acceptors (Lipinski definition) is 4. The summed E-state index contributed by atoms with van der Waals surface area (Å²) in [5, 5.41) is 8.81. The average molecular weight is 337 g/mol. The van der Waals surface area contributed by atoms with E-state index < -0.39 is 38.1 Å². The number of hydrogen-bond donors (Lipinski definition) is 1. The lowest BCUT2D eigenvalue weighted by atomic mass is 10.2. The van der Waals surface area contributed by atoms with Gasteiger partial charge in [0.25, 0.3) is 0 Å². The van der Waals surface area contributed by atoms with Crippen LogP contribution < -0.4 is 0 Å². The van der Waals surface area contributed by atoms with Crippen molar-refractivity contribution in [1.82, 2.24) is 4.31 Å². The highest BCUT2D eigenvalue weighted by atomic mass is 32.2. The van der Waals surface area contributed by atoms with Crippen LogP contribution in [-0.2, 0) is 10.0 Å². The van der Waals surface area contributed by atoms with E-state index in [-0.39, 0.29) is 12.6 Å². The quantitative estimate of drug-likeness (QED) is 0.910. The number of benzene rings is 1. The summed E-state index contributed by atoms with van der Waals surface area (Å²) in [5.41, 5.74) is -1.25. The Morgan fingerprint density at radius 2 is 2.10 bits per heavy atom. The number of thioether (sulfide) groups is 1. The maximum Gasteiger partial charge on any atom is 0.341 e. The Bertz CT molecular complexity index is 678. The molecule has 1 aliphatic rings. The van der Waals surface area contributed by atoms with Crippen molar-refractivity contribution in [3.63, 3.8) is 0 Å². The summed E-state index contributed by atoms with van der Waals surface area (Å²) in [6, 6.07) is 1.08. The first-order valence-corrected chi connectivity index (χ1v) is 8.67. The van der Waals surface area contributed by atoms with E-state index in [1.54, 1.807) is 18.7 Å². The Hall–Kier alpha value is -1.19. The molecule has 1 aliphatic heterocycles. The van der Waals surface area contributed by atoms with Gasteiger partial charge in [-0.3, -0.25) is 0 Å². The van der Waals surface area contributed by atoms with Gasteiger partial charge in [-0.15, -0.1) is 0 Å². The van der Waals surface area contributed by atoms with E-state index in [1.807, 2.05) is 0 Å². The summed E-state index contributed by atoms with van der Waals surface area (Å²) in [7, 11) is -4.20. The minimum atomic E-state index is -4.20. The molecule has 0 spiro atoms. The van der Waals surface area contributed by atoms with Gasteiger partial charge in [-0.2, -0.15) is 16.1 Å². The first-order chi connectivity index (χ1) is 9.76. The number of carbonyl (C=O) groups is 1. The fourth-order valence-electron chi connectivity index (χ4n) is 2.12. The van der Waals surface area contributed by atoms with Crippen molar-refractivity contribution in [2.45, 2.75) is 17.9 Å². The number of halogens is 2. The van der Waals surface area contributed by atoms with Crippen LogP contribution in [-0.4, -0.2) is 47.9 Å². The van der Waals surface area contributed by atoms with Gasteiger partial charge in [-0.25, -0.2) is 22.0 Å². The monoisotopic (exact) mass is 337 g/mol. The molecule has 1 aromatic rings. The van der Waals surface area contributed by atoms with Gasteiger partial charge in [0.2, 0.25) is 10.0 Å². The molecular formula is C12H13F2NO4S2. The Balaban J connectivity index is 2.55. The van der Waals surface area contributed by atoms with Gasteiger partial charge < -0.3 is 5.11 Å². The maximum atomic E-state index is 14.1. The van der Waals surface area contributed by atoms with Crippen molar-refractivity contribution < 1.29 is 27.1 Å². The molecule has 0 bridgehead atoms. The molecule has 1 saturated heterocycles. The SMILES string of the molecule is CC1CSCCN1S(=O)(=O)c1ccc(F)c(C(=O)O)c1F.